The summed E-state index contributed by atoms with van der Waals surface area (Å²) in [6, 6.07) is 8.61. The van der Waals surface area contributed by atoms with Crippen molar-refractivity contribution in [2.24, 2.45) is 5.73 Å². The van der Waals surface area contributed by atoms with Crippen LogP contribution in [-0.4, -0.2) is 28.6 Å². The highest BCUT2D eigenvalue weighted by Gasteiger charge is 2.33. The number of nitrogens with zero attached hydrogens (tertiary/aromatic N) is 2. The first-order valence-corrected chi connectivity index (χ1v) is 10.3. The number of nitrogens with one attached hydrogen (secondary N) is 2. The number of carbonyl (C=O) groups excluding carboxylic acids is 1. The van der Waals surface area contributed by atoms with Gasteiger partial charge < -0.3 is 25.7 Å². The number of alkyl halides is 3. The Hall–Kier alpha value is -4.02. The van der Waals surface area contributed by atoms with Crippen LogP contribution >= 0.6 is 0 Å². The number of halogens is 4. The molecule has 0 bridgehead atoms. The highest BCUT2D eigenvalue weighted by atomic mass is 19.4. The fourth-order valence-corrected chi connectivity index (χ4v) is 3.67. The molecule has 1 aliphatic rings. The maximum Gasteiger partial charge on any atom is 0.434 e. The van der Waals surface area contributed by atoms with Gasteiger partial charge in [0.2, 0.25) is 5.91 Å². The van der Waals surface area contributed by atoms with Crippen LogP contribution in [0, 0.1) is 5.82 Å². The van der Waals surface area contributed by atoms with E-state index < -0.39 is 17.9 Å². The number of nitrogens with two attached hydrogens (primary N) is 1. The molecule has 7 nitrogen and oxygen atoms in total. The third-order valence-electron chi connectivity index (χ3n) is 5.48. The van der Waals surface area contributed by atoms with Gasteiger partial charge in [0.1, 0.15) is 17.6 Å². The second kappa shape index (κ2) is 9.08. The monoisotopic (exact) mass is 475 g/mol. The molecule has 1 aromatic heterocycles. The Morgan fingerprint density at radius 3 is 2.82 bits per heavy atom. The number of ether oxygens (including phenoxy) is 1. The lowest BCUT2D eigenvalue weighted by Gasteiger charge is -2.15. The molecule has 4 rings (SSSR count). The SMILES string of the molecule is COc1cc(/C(N)=C/NC2CCc3c(F)cccc3NC2=O)ccc1-n1cnc(C(F)(F)F)c1. The van der Waals surface area contributed by atoms with E-state index in [2.05, 4.69) is 15.6 Å². The molecule has 0 saturated heterocycles. The minimum atomic E-state index is -4.56. The fraction of sp³-hybridized carbons (Fsp3) is 0.217. The van der Waals surface area contributed by atoms with Gasteiger partial charge >= 0.3 is 6.18 Å². The number of hydrogen-bond acceptors (Lipinski definition) is 5. The zero-order valence-corrected chi connectivity index (χ0v) is 18.0. The summed E-state index contributed by atoms with van der Waals surface area (Å²) in [4.78, 5) is 15.9. The van der Waals surface area contributed by atoms with Gasteiger partial charge in [-0.05, 0) is 37.1 Å². The molecule has 1 atom stereocenters. The van der Waals surface area contributed by atoms with Gasteiger partial charge in [-0.1, -0.05) is 12.1 Å². The molecule has 1 unspecified atom stereocenters. The van der Waals surface area contributed by atoms with Crippen molar-refractivity contribution in [1.29, 1.82) is 0 Å². The van der Waals surface area contributed by atoms with Crippen molar-refractivity contribution in [3.05, 3.63) is 77.8 Å². The van der Waals surface area contributed by atoms with Crippen molar-refractivity contribution < 1.29 is 27.1 Å². The van der Waals surface area contributed by atoms with Crippen LogP contribution in [0.4, 0.5) is 23.2 Å². The van der Waals surface area contributed by atoms with Crippen molar-refractivity contribution in [3.8, 4) is 11.4 Å². The molecular weight excluding hydrogens is 454 g/mol. The highest BCUT2D eigenvalue weighted by Crippen LogP contribution is 2.31. The van der Waals surface area contributed by atoms with Crippen molar-refractivity contribution in [2.45, 2.75) is 25.1 Å². The molecule has 2 aromatic carbocycles. The Kier molecular flexibility index (Phi) is 6.18. The molecule has 0 spiro atoms. The summed E-state index contributed by atoms with van der Waals surface area (Å²) >= 11 is 0. The molecular formula is C23H21F4N5O2. The van der Waals surface area contributed by atoms with Crippen molar-refractivity contribution in [3.63, 3.8) is 0 Å². The van der Waals surface area contributed by atoms with Gasteiger partial charge in [0.15, 0.2) is 5.69 Å². The number of rotatable bonds is 5. The smallest absolute Gasteiger partial charge is 0.434 e. The van der Waals surface area contributed by atoms with Crippen LogP contribution in [0.1, 0.15) is 23.2 Å². The molecule has 2 heterocycles. The summed E-state index contributed by atoms with van der Waals surface area (Å²) < 4.78 is 59.2. The Balaban J connectivity index is 1.51. The highest BCUT2D eigenvalue weighted by molar-refractivity contribution is 5.96. The van der Waals surface area contributed by atoms with E-state index in [0.717, 1.165) is 12.5 Å². The van der Waals surface area contributed by atoms with E-state index in [4.69, 9.17) is 10.5 Å². The molecule has 1 amide bonds. The Morgan fingerprint density at radius 2 is 2.12 bits per heavy atom. The van der Waals surface area contributed by atoms with Gasteiger partial charge in [0, 0.05) is 29.2 Å². The summed E-state index contributed by atoms with van der Waals surface area (Å²) in [5.41, 5.74) is 7.17. The predicted molar refractivity (Wildman–Crippen MR) is 118 cm³/mol. The summed E-state index contributed by atoms with van der Waals surface area (Å²) in [7, 11) is 1.38. The minimum Gasteiger partial charge on any atom is -0.495 e. The number of carbonyl (C=O) groups is 1. The summed E-state index contributed by atoms with van der Waals surface area (Å²) in [5.74, 6) is -0.416. The number of aromatic nitrogens is 2. The molecule has 178 valence electrons. The van der Waals surface area contributed by atoms with Crippen molar-refractivity contribution >= 4 is 17.3 Å². The van der Waals surface area contributed by atoms with Crippen molar-refractivity contribution in [1.82, 2.24) is 14.9 Å². The maximum absolute atomic E-state index is 14.1. The summed E-state index contributed by atoms with van der Waals surface area (Å²) in [6.07, 6.45) is -0.470. The summed E-state index contributed by atoms with van der Waals surface area (Å²) in [5, 5.41) is 5.68. The average molecular weight is 475 g/mol. The normalized spacial score (nSPS) is 16.4. The molecule has 0 aliphatic carbocycles. The number of amides is 1. The van der Waals surface area contributed by atoms with E-state index in [0.29, 0.717) is 35.3 Å². The lowest BCUT2D eigenvalue weighted by Crippen LogP contribution is -2.37. The Bertz CT molecular complexity index is 1250. The van der Waals surface area contributed by atoms with E-state index in [1.165, 1.54) is 30.0 Å². The Morgan fingerprint density at radius 1 is 1.32 bits per heavy atom. The number of hydrogen-bond donors (Lipinski definition) is 3. The molecule has 0 radical (unpaired) electrons. The van der Waals surface area contributed by atoms with Crippen LogP contribution in [0.5, 0.6) is 5.75 Å². The van der Waals surface area contributed by atoms with Gasteiger partial charge in [-0.15, -0.1) is 0 Å². The van der Waals surface area contributed by atoms with E-state index in [9.17, 15) is 22.4 Å². The molecule has 34 heavy (non-hydrogen) atoms. The number of methoxy groups -OCH3 is 1. The first kappa shape index (κ1) is 23.1. The minimum absolute atomic E-state index is 0.271. The molecule has 0 fully saturated rings. The summed E-state index contributed by atoms with van der Waals surface area (Å²) in [6.45, 7) is 0. The van der Waals surface area contributed by atoms with E-state index in [-0.39, 0.29) is 23.2 Å². The van der Waals surface area contributed by atoms with Gasteiger partial charge in [0.05, 0.1) is 24.8 Å². The third-order valence-corrected chi connectivity index (χ3v) is 5.48. The van der Waals surface area contributed by atoms with Gasteiger partial charge in [-0.25, -0.2) is 9.37 Å². The van der Waals surface area contributed by atoms with E-state index >= 15 is 0 Å². The number of fused-ring (bicyclic) bond motifs is 1. The predicted octanol–water partition coefficient (Wildman–Crippen LogP) is 3.84. The van der Waals surface area contributed by atoms with Gasteiger partial charge in [-0.3, -0.25) is 4.79 Å². The second-order valence-electron chi connectivity index (χ2n) is 7.66. The standard InChI is InChI=1S/C23H21F4N5O2/c1-34-20-9-13(5-8-19(20)32-11-21(30-12-32)23(25,26)27)16(28)10-29-18-7-6-14-15(24)3-2-4-17(14)31-22(18)33/h2-5,8-12,18,29H,6-7,28H2,1H3,(H,31,33)/b16-10-. The number of benzene rings is 2. The molecule has 4 N–H and O–H groups in total. The lowest BCUT2D eigenvalue weighted by molar-refractivity contribution is -0.140. The average Bonchev–Trinajstić information content (AvgIpc) is 3.24. The Labute approximate surface area is 192 Å². The number of imidazole rings is 1. The fourth-order valence-electron chi connectivity index (χ4n) is 3.67. The molecule has 0 saturated carbocycles. The van der Waals surface area contributed by atoms with E-state index in [1.807, 2.05) is 0 Å². The van der Waals surface area contributed by atoms with Crippen LogP contribution in [0.15, 0.2) is 55.1 Å². The quantitative estimate of drug-likeness (QED) is 0.488. The van der Waals surface area contributed by atoms with Crippen LogP contribution < -0.4 is 21.1 Å². The zero-order chi connectivity index (χ0) is 24.5. The third kappa shape index (κ3) is 4.68. The number of anilines is 1. The van der Waals surface area contributed by atoms with Crippen LogP contribution in [0.25, 0.3) is 11.4 Å². The molecule has 11 heteroatoms. The topological polar surface area (TPSA) is 94.2 Å². The molecule has 1 aliphatic heterocycles. The molecule has 3 aromatic rings. The lowest BCUT2D eigenvalue weighted by atomic mass is 10.1. The zero-order valence-electron chi connectivity index (χ0n) is 18.0. The van der Waals surface area contributed by atoms with Gasteiger partial charge in [0.25, 0.3) is 0 Å². The second-order valence-corrected chi connectivity index (χ2v) is 7.66. The maximum atomic E-state index is 14.1. The largest absolute Gasteiger partial charge is 0.495 e. The van der Waals surface area contributed by atoms with Crippen LogP contribution in [0.3, 0.4) is 0 Å². The van der Waals surface area contributed by atoms with E-state index in [1.54, 1.807) is 24.3 Å². The van der Waals surface area contributed by atoms with Crippen LogP contribution in [0.2, 0.25) is 0 Å². The van der Waals surface area contributed by atoms with Crippen molar-refractivity contribution in [2.75, 3.05) is 12.4 Å². The first-order valence-electron chi connectivity index (χ1n) is 10.3. The first-order chi connectivity index (χ1) is 16.2. The van der Waals surface area contributed by atoms with Gasteiger partial charge in [-0.2, -0.15) is 13.2 Å². The van der Waals surface area contributed by atoms with Crippen LogP contribution in [-0.2, 0) is 17.4 Å².